The van der Waals surface area contributed by atoms with Gasteiger partial charge in [0.25, 0.3) is 0 Å². The lowest BCUT2D eigenvalue weighted by molar-refractivity contribution is -0.128. The lowest BCUT2D eigenvalue weighted by atomic mass is 9.96. The van der Waals surface area contributed by atoms with Gasteiger partial charge in [-0.2, -0.15) is 0 Å². The molecule has 2 atom stereocenters. The van der Waals surface area contributed by atoms with Gasteiger partial charge >= 0.3 is 0 Å². The standard InChI is InChI=1S/C16H30N2O3/c1-16(2,3)15(21)17-9-5-8-14(20)18-10-12-6-4-7-13(12)11-19/h12-13,19H,4-11H2,1-3H3,(H,17,21)(H,18,20). The lowest BCUT2D eigenvalue weighted by Crippen LogP contribution is -2.36. The third kappa shape index (κ3) is 6.46. The van der Waals surface area contributed by atoms with Crippen molar-refractivity contribution < 1.29 is 14.7 Å². The van der Waals surface area contributed by atoms with Crippen LogP contribution in [0.5, 0.6) is 0 Å². The maximum absolute atomic E-state index is 11.8. The van der Waals surface area contributed by atoms with E-state index in [9.17, 15) is 14.7 Å². The highest BCUT2D eigenvalue weighted by Crippen LogP contribution is 2.30. The number of hydrogen-bond donors (Lipinski definition) is 3. The summed E-state index contributed by atoms with van der Waals surface area (Å²) in [4.78, 5) is 23.4. The maximum Gasteiger partial charge on any atom is 0.225 e. The van der Waals surface area contributed by atoms with E-state index in [4.69, 9.17) is 0 Å². The number of nitrogens with one attached hydrogen (secondary N) is 2. The van der Waals surface area contributed by atoms with Crippen LogP contribution in [0.3, 0.4) is 0 Å². The second kappa shape index (κ2) is 8.37. The van der Waals surface area contributed by atoms with Gasteiger partial charge in [-0.05, 0) is 31.1 Å². The molecule has 3 N–H and O–H groups in total. The van der Waals surface area contributed by atoms with Crippen molar-refractivity contribution in [2.75, 3.05) is 19.7 Å². The summed E-state index contributed by atoms with van der Waals surface area (Å²) in [6.07, 6.45) is 4.39. The molecule has 0 aliphatic heterocycles. The molecule has 1 fully saturated rings. The van der Waals surface area contributed by atoms with E-state index in [1.165, 1.54) is 0 Å². The Labute approximate surface area is 127 Å². The molecule has 1 rings (SSSR count). The summed E-state index contributed by atoms with van der Waals surface area (Å²) in [5.41, 5.74) is -0.385. The van der Waals surface area contributed by atoms with Gasteiger partial charge in [-0.3, -0.25) is 9.59 Å². The van der Waals surface area contributed by atoms with Crippen molar-refractivity contribution in [3.63, 3.8) is 0 Å². The van der Waals surface area contributed by atoms with Crippen LogP contribution < -0.4 is 10.6 Å². The quantitative estimate of drug-likeness (QED) is 0.623. The van der Waals surface area contributed by atoms with Crippen LogP contribution in [-0.4, -0.2) is 36.6 Å². The van der Waals surface area contributed by atoms with Crippen molar-refractivity contribution in [3.05, 3.63) is 0 Å². The first kappa shape index (κ1) is 18.0. The zero-order valence-corrected chi connectivity index (χ0v) is 13.6. The molecule has 0 aromatic heterocycles. The van der Waals surface area contributed by atoms with Gasteiger partial charge in [0.1, 0.15) is 0 Å². The maximum atomic E-state index is 11.8. The Kier molecular flexibility index (Phi) is 7.15. The van der Waals surface area contributed by atoms with Crippen LogP contribution in [-0.2, 0) is 9.59 Å². The average molecular weight is 298 g/mol. The van der Waals surface area contributed by atoms with Gasteiger partial charge in [0.2, 0.25) is 11.8 Å². The first-order valence-corrected chi connectivity index (χ1v) is 8.00. The summed E-state index contributed by atoms with van der Waals surface area (Å²) in [6.45, 7) is 7.03. The molecular formula is C16H30N2O3. The van der Waals surface area contributed by atoms with Crippen LogP contribution in [0.2, 0.25) is 0 Å². The van der Waals surface area contributed by atoms with Crippen molar-refractivity contribution in [1.82, 2.24) is 10.6 Å². The highest BCUT2D eigenvalue weighted by molar-refractivity contribution is 5.81. The van der Waals surface area contributed by atoms with Gasteiger partial charge in [0, 0.05) is 31.5 Å². The Hall–Kier alpha value is -1.10. The molecule has 0 aromatic carbocycles. The van der Waals surface area contributed by atoms with Gasteiger partial charge in [-0.15, -0.1) is 0 Å². The van der Waals surface area contributed by atoms with E-state index in [1.807, 2.05) is 20.8 Å². The number of aliphatic hydroxyl groups excluding tert-OH is 1. The molecule has 0 saturated heterocycles. The second-order valence-electron chi connectivity index (χ2n) is 7.05. The van der Waals surface area contributed by atoms with Gasteiger partial charge < -0.3 is 15.7 Å². The fourth-order valence-corrected chi connectivity index (χ4v) is 2.67. The number of hydrogen-bond acceptors (Lipinski definition) is 3. The number of aliphatic hydroxyl groups is 1. The van der Waals surface area contributed by atoms with E-state index in [2.05, 4.69) is 10.6 Å². The Morgan fingerprint density at radius 3 is 2.43 bits per heavy atom. The average Bonchev–Trinajstić information content (AvgIpc) is 2.87. The molecule has 5 nitrogen and oxygen atoms in total. The summed E-state index contributed by atoms with van der Waals surface area (Å²) in [6, 6.07) is 0. The molecule has 122 valence electrons. The van der Waals surface area contributed by atoms with Gasteiger partial charge in [0.05, 0.1) is 0 Å². The van der Waals surface area contributed by atoms with E-state index in [0.29, 0.717) is 37.8 Å². The number of rotatable bonds is 7. The SMILES string of the molecule is CC(C)(C)C(=O)NCCCC(=O)NCC1CCCC1CO. The molecule has 2 amide bonds. The van der Waals surface area contributed by atoms with Crippen molar-refractivity contribution in [2.24, 2.45) is 17.3 Å². The third-order valence-electron chi connectivity index (χ3n) is 4.16. The minimum absolute atomic E-state index is 0.0136. The predicted molar refractivity (Wildman–Crippen MR) is 82.6 cm³/mol. The topological polar surface area (TPSA) is 78.4 Å². The Morgan fingerprint density at radius 1 is 1.14 bits per heavy atom. The number of carbonyl (C=O) groups excluding carboxylic acids is 2. The van der Waals surface area contributed by atoms with Crippen LogP contribution in [0.4, 0.5) is 0 Å². The summed E-state index contributed by atoms with van der Waals surface area (Å²) in [5.74, 6) is 0.805. The molecule has 0 spiro atoms. The molecule has 0 bridgehead atoms. The van der Waals surface area contributed by atoms with E-state index in [-0.39, 0.29) is 23.8 Å². The lowest BCUT2D eigenvalue weighted by Gasteiger charge is -2.18. The third-order valence-corrected chi connectivity index (χ3v) is 4.16. The molecular weight excluding hydrogens is 268 g/mol. The molecule has 0 radical (unpaired) electrons. The van der Waals surface area contributed by atoms with Crippen LogP contribution in [0.25, 0.3) is 0 Å². The first-order valence-electron chi connectivity index (χ1n) is 8.00. The fourth-order valence-electron chi connectivity index (χ4n) is 2.67. The van der Waals surface area contributed by atoms with Crippen LogP contribution in [0.1, 0.15) is 52.9 Å². The molecule has 1 saturated carbocycles. The minimum Gasteiger partial charge on any atom is -0.396 e. The summed E-state index contributed by atoms with van der Waals surface area (Å²) in [5, 5.41) is 15.0. The van der Waals surface area contributed by atoms with Crippen molar-refractivity contribution in [1.29, 1.82) is 0 Å². The number of carbonyl (C=O) groups is 2. The normalized spacial score (nSPS) is 22.1. The van der Waals surface area contributed by atoms with Gasteiger partial charge in [-0.25, -0.2) is 0 Å². The predicted octanol–water partition coefficient (Wildman–Crippen LogP) is 1.45. The minimum atomic E-state index is -0.385. The van der Waals surface area contributed by atoms with Crippen LogP contribution in [0.15, 0.2) is 0 Å². The molecule has 1 aliphatic rings. The molecule has 0 heterocycles. The zero-order valence-electron chi connectivity index (χ0n) is 13.6. The Morgan fingerprint density at radius 2 is 1.81 bits per heavy atom. The van der Waals surface area contributed by atoms with Crippen molar-refractivity contribution in [2.45, 2.75) is 52.9 Å². The van der Waals surface area contributed by atoms with Gasteiger partial charge in [-0.1, -0.05) is 27.2 Å². The van der Waals surface area contributed by atoms with E-state index >= 15 is 0 Å². The van der Waals surface area contributed by atoms with Crippen LogP contribution in [0, 0.1) is 17.3 Å². The van der Waals surface area contributed by atoms with Crippen LogP contribution >= 0.6 is 0 Å². The molecule has 0 aromatic rings. The van der Waals surface area contributed by atoms with Crippen molar-refractivity contribution in [3.8, 4) is 0 Å². The largest absolute Gasteiger partial charge is 0.396 e. The van der Waals surface area contributed by atoms with Crippen molar-refractivity contribution >= 4 is 11.8 Å². The first-order chi connectivity index (χ1) is 9.84. The van der Waals surface area contributed by atoms with E-state index in [1.54, 1.807) is 0 Å². The summed E-state index contributed by atoms with van der Waals surface area (Å²) >= 11 is 0. The molecule has 2 unspecified atom stereocenters. The molecule has 1 aliphatic carbocycles. The fraction of sp³-hybridized carbons (Fsp3) is 0.875. The monoisotopic (exact) mass is 298 g/mol. The Balaban J connectivity index is 2.10. The second-order valence-corrected chi connectivity index (χ2v) is 7.05. The zero-order chi connectivity index (χ0) is 15.9. The highest BCUT2D eigenvalue weighted by atomic mass is 16.3. The smallest absolute Gasteiger partial charge is 0.225 e. The molecule has 21 heavy (non-hydrogen) atoms. The molecule has 5 heteroatoms. The Bertz CT molecular complexity index is 350. The van der Waals surface area contributed by atoms with Gasteiger partial charge in [0.15, 0.2) is 0 Å². The van der Waals surface area contributed by atoms with E-state index < -0.39 is 0 Å². The summed E-state index contributed by atoms with van der Waals surface area (Å²) < 4.78 is 0. The number of amides is 2. The van der Waals surface area contributed by atoms with E-state index in [0.717, 1.165) is 19.3 Å². The summed E-state index contributed by atoms with van der Waals surface area (Å²) in [7, 11) is 0. The highest BCUT2D eigenvalue weighted by Gasteiger charge is 2.26.